The van der Waals surface area contributed by atoms with Gasteiger partial charge in [-0.15, -0.1) is 17.0 Å². The van der Waals surface area contributed by atoms with Crippen LogP contribution < -0.4 is 4.74 Å². The molecule has 0 atom stereocenters. The van der Waals surface area contributed by atoms with Crippen molar-refractivity contribution in [2.75, 3.05) is 7.11 Å². The molecule has 0 unspecified atom stereocenters. The number of pyridine rings is 1. The summed E-state index contributed by atoms with van der Waals surface area (Å²) in [6.45, 7) is 0. The maximum absolute atomic E-state index is 5.23. The third-order valence-electron chi connectivity index (χ3n) is 2.18. The lowest BCUT2D eigenvalue weighted by atomic mass is 10.2. The lowest BCUT2D eigenvalue weighted by Crippen LogP contribution is -1.89. The van der Waals surface area contributed by atoms with Gasteiger partial charge in [0.2, 0.25) is 0 Å². The smallest absolute Gasteiger partial charge is 0.133 e. The van der Waals surface area contributed by atoms with E-state index in [1.165, 1.54) is 0 Å². The van der Waals surface area contributed by atoms with E-state index in [9.17, 15) is 0 Å². The fourth-order valence-corrected chi connectivity index (χ4v) is 2.36. The summed E-state index contributed by atoms with van der Waals surface area (Å²) in [5.74, 6) is 0.830. The molecule has 0 aliphatic heterocycles. The number of nitrogens with zero attached hydrogens (tertiary/aromatic N) is 1. The number of ether oxygens (including phenoxy) is 1. The molecule has 0 saturated carbocycles. The van der Waals surface area contributed by atoms with Gasteiger partial charge in [-0.1, -0.05) is 15.9 Å². The first-order valence-corrected chi connectivity index (χ1v) is 6.36. The van der Waals surface area contributed by atoms with Gasteiger partial charge in [-0.25, -0.2) is 0 Å². The average molecular weight is 412 g/mol. The summed E-state index contributed by atoms with van der Waals surface area (Å²) in [6, 6.07) is 7.93. The second kappa shape index (κ2) is 5.98. The Bertz CT molecular complexity index is 502. The quantitative estimate of drug-likeness (QED) is 0.680. The zero-order valence-electron chi connectivity index (χ0n) is 8.54. The molecule has 1 aromatic carbocycles. The van der Waals surface area contributed by atoms with Crippen LogP contribution in [0, 0.1) is 0 Å². The highest BCUT2D eigenvalue weighted by molar-refractivity contribution is 9.10. The number of rotatable bonds is 2. The second-order valence-electron chi connectivity index (χ2n) is 3.08. The average Bonchev–Trinajstić information content (AvgIpc) is 2.29. The first-order valence-electron chi connectivity index (χ1n) is 4.44. The minimum absolute atomic E-state index is 0. The van der Waals surface area contributed by atoms with Crippen molar-refractivity contribution in [2.45, 2.75) is 5.33 Å². The molecule has 0 spiro atoms. The Morgan fingerprint density at radius 3 is 2.62 bits per heavy atom. The molecule has 5 heteroatoms. The molecule has 0 bridgehead atoms. The number of alkyl halides is 1. The molecular formula is C11H10Br3NO. The second-order valence-corrected chi connectivity index (χ2v) is 4.44. The monoisotopic (exact) mass is 409 g/mol. The van der Waals surface area contributed by atoms with Gasteiger partial charge in [0.25, 0.3) is 0 Å². The van der Waals surface area contributed by atoms with Gasteiger partial charge in [0, 0.05) is 10.7 Å². The van der Waals surface area contributed by atoms with Crippen molar-refractivity contribution in [3.63, 3.8) is 0 Å². The summed E-state index contributed by atoms with van der Waals surface area (Å²) < 4.78 is 6.18. The van der Waals surface area contributed by atoms with Crippen molar-refractivity contribution in [2.24, 2.45) is 0 Å². The highest BCUT2D eigenvalue weighted by atomic mass is 79.9. The van der Waals surface area contributed by atoms with E-state index >= 15 is 0 Å². The molecule has 2 nitrogen and oxygen atoms in total. The molecule has 0 N–H and O–H groups in total. The third kappa shape index (κ3) is 2.57. The van der Waals surface area contributed by atoms with Gasteiger partial charge >= 0.3 is 0 Å². The van der Waals surface area contributed by atoms with Crippen LogP contribution in [0.1, 0.15) is 5.69 Å². The first kappa shape index (κ1) is 13.9. The molecule has 0 radical (unpaired) electrons. The highest BCUT2D eigenvalue weighted by Gasteiger charge is 2.06. The van der Waals surface area contributed by atoms with Crippen molar-refractivity contribution >= 4 is 59.7 Å². The Morgan fingerprint density at radius 1 is 1.25 bits per heavy atom. The van der Waals surface area contributed by atoms with Crippen molar-refractivity contribution in [1.82, 2.24) is 4.98 Å². The zero-order chi connectivity index (χ0) is 10.8. The Labute approximate surface area is 121 Å². The minimum atomic E-state index is 0. The van der Waals surface area contributed by atoms with E-state index in [4.69, 9.17) is 4.74 Å². The number of hydrogen-bond donors (Lipinski definition) is 0. The third-order valence-corrected chi connectivity index (χ3v) is 3.58. The van der Waals surface area contributed by atoms with E-state index in [-0.39, 0.29) is 17.0 Å². The lowest BCUT2D eigenvalue weighted by molar-refractivity contribution is 0.413. The van der Waals surface area contributed by atoms with Gasteiger partial charge in [-0.3, -0.25) is 4.98 Å². The molecule has 86 valence electrons. The van der Waals surface area contributed by atoms with Crippen LogP contribution in [-0.4, -0.2) is 12.1 Å². The fourth-order valence-electron chi connectivity index (χ4n) is 1.42. The van der Waals surface area contributed by atoms with Gasteiger partial charge in [0.05, 0.1) is 22.8 Å². The van der Waals surface area contributed by atoms with E-state index in [1.54, 1.807) is 7.11 Å². The summed E-state index contributed by atoms with van der Waals surface area (Å²) in [6.07, 6.45) is 0. The molecule has 0 fully saturated rings. The normalized spacial score (nSPS) is 9.94. The van der Waals surface area contributed by atoms with Crippen molar-refractivity contribution < 1.29 is 4.74 Å². The van der Waals surface area contributed by atoms with E-state index in [0.29, 0.717) is 0 Å². The largest absolute Gasteiger partial charge is 0.496 e. The van der Waals surface area contributed by atoms with Crippen LogP contribution in [0.5, 0.6) is 5.75 Å². The van der Waals surface area contributed by atoms with Crippen LogP contribution in [-0.2, 0) is 5.33 Å². The van der Waals surface area contributed by atoms with Crippen LogP contribution >= 0.6 is 48.8 Å². The summed E-state index contributed by atoms with van der Waals surface area (Å²) in [4.78, 5) is 4.50. The Hall–Kier alpha value is -0.130. The number of fused-ring (bicyclic) bond motifs is 1. The predicted molar refractivity (Wildman–Crippen MR) is 78.9 cm³/mol. The lowest BCUT2D eigenvalue weighted by Gasteiger charge is -2.06. The van der Waals surface area contributed by atoms with Crippen molar-refractivity contribution in [3.8, 4) is 5.75 Å². The minimum Gasteiger partial charge on any atom is -0.496 e. The number of halogens is 3. The standard InChI is InChI=1S/C11H9Br2NO.BrH/c1-15-10-5-4-9-8(11(10)13)3-2-7(6-12)14-9;/h2-5H,6H2,1H3;1H. The number of hydrogen-bond acceptors (Lipinski definition) is 2. The van der Waals surface area contributed by atoms with Gasteiger partial charge in [0.1, 0.15) is 5.75 Å². The summed E-state index contributed by atoms with van der Waals surface area (Å²) in [5, 5.41) is 1.84. The summed E-state index contributed by atoms with van der Waals surface area (Å²) in [5.41, 5.74) is 2.00. The van der Waals surface area contributed by atoms with Crippen molar-refractivity contribution in [3.05, 3.63) is 34.4 Å². The molecule has 0 aliphatic carbocycles. The maximum atomic E-state index is 5.23. The summed E-state index contributed by atoms with van der Waals surface area (Å²) in [7, 11) is 1.66. The van der Waals surface area contributed by atoms with Crippen LogP contribution in [0.25, 0.3) is 10.9 Å². The van der Waals surface area contributed by atoms with E-state index in [2.05, 4.69) is 36.8 Å². The van der Waals surface area contributed by atoms with Gasteiger partial charge in [-0.05, 0) is 40.2 Å². The molecule has 0 aliphatic rings. The van der Waals surface area contributed by atoms with Crippen LogP contribution in [0.2, 0.25) is 0 Å². The Kier molecular flexibility index (Phi) is 5.21. The van der Waals surface area contributed by atoms with Gasteiger partial charge < -0.3 is 4.74 Å². The molecular weight excluding hydrogens is 402 g/mol. The molecule has 1 heterocycles. The summed E-state index contributed by atoms with van der Waals surface area (Å²) >= 11 is 6.90. The van der Waals surface area contributed by atoms with Crippen LogP contribution in [0.15, 0.2) is 28.7 Å². The first-order chi connectivity index (χ1) is 7.26. The topological polar surface area (TPSA) is 22.1 Å². The molecule has 0 amide bonds. The van der Waals surface area contributed by atoms with Gasteiger partial charge in [0.15, 0.2) is 0 Å². The number of benzene rings is 1. The fraction of sp³-hybridized carbons (Fsp3) is 0.182. The SMILES string of the molecule is Br.COc1ccc2nc(CBr)ccc2c1Br. The molecule has 2 rings (SSSR count). The van der Waals surface area contributed by atoms with Crippen LogP contribution in [0.3, 0.4) is 0 Å². The van der Waals surface area contributed by atoms with Crippen LogP contribution in [0.4, 0.5) is 0 Å². The molecule has 2 aromatic rings. The number of aromatic nitrogens is 1. The zero-order valence-corrected chi connectivity index (χ0v) is 13.4. The number of methoxy groups -OCH3 is 1. The van der Waals surface area contributed by atoms with Gasteiger partial charge in [-0.2, -0.15) is 0 Å². The Morgan fingerprint density at radius 2 is 2.00 bits per heavy atom. The highest BCUT2D eigenvalue weighted by Crippen LogP contribution is 2.32. The maximum Gasteiger partial charge on any atom is 0.133 e. The van der Waals surface area contributed by atoms with E-state index in [0.717, 1.165) is 32.1 Å². The molecule has 16 heavy (non-hydrogen) atoms. The van der Waals surface area contributed by atoms with E-state index < -0.39 is 0 Å². The predicted octanol–water partition coefficient (Wildman–Crippen LogP) is 4.48. The van der Waals surface area contributed by atoms with E-state index in [1.807, 2.05) is 24.3 Å². The molecule has 0 saturated heterocycles. The Balaban J connectivity index is 0.00000128. The molecule has 1 aromatic heterocycles. The van der Waals surface area contributed by atoms with Crippen molar-refractivity contribution in [1.29, 1.82) is 0 Å².